The van der Waals surface area contributed by atoms with Crippen LogP contribution in [-0.4, -0.2) is 63.5 Å². The molecule has 0 aliphatic carbocycles. The first-order valence-corrected chi connectivity index (χ1v) is 10.4. The maximum absolute atomic E-state index is 5.79. The topological polar surface area (TPSA) is 46.1 Å². The molecule has 2 aliphatic heterocycles. The molecule has 6 heteroatoms. The van der Waals surface area contributed by atoms with Gasteiger partial charge in [-0.25, -0.2) is 0 Å². The van der Waals surface area contributed by atoms with E-state index in [2.05, 4.69) is 31.0 Å². The molecule has 2 rings (SSSR count). The van der Waals surface area contributed by atoms with Crippen molar-refractivity contribution in [1.29, 1.82) is 0 Å². The van der Waals surface area contributed by atoms with Crippen LogP contribution in [0.25, 0.3) is 0 Å². The van der Waals surface area contributed by atoms with Crippen LogP contribution in [0.15, 0.2) is 4.99 Å². The number of hydrogen-bond donors (Lipinski definition) is 1. The van der Waals surface area contributed by atoms with Gasteiger partial charge in [0.15, 0.2) is 5.96 Å². The summed E-state index contributed by atoms with van der Waals surface area (Å²) in [6.07, 6.45) is 7.32. The highest BCUT2D eigenvalue weighted by atomic mass is 127. The van der Waals surface area contributed by atoms with Crippen LogP contribution in [0.3, 0.4) is 0 Å². The second-order valence-corrected chi connectivity index (χ2v) is 7.98. The molecule has 2 saturated heterocycles. The van der Waals surface area contributed by atoms with Gasteiger partial charge in [-0.15, -0.1) is 24.0 Å². The predicted molar refractivity (Wildman–Crippen MR) is 120 cm³/mol. The van der Waals surface area contributed by atoms with Gasteiger partial charge in [0.05, 0.1) is 13.2 Å². The van der Waals surface area contributed by atoms with E-state index in [1.54, 1.807) is 0 Å². The summed E-state index contributed by atoms with van der Waals surface area (Å²) in [5.41, 5.74) is 0.440. The molecule has 0 radical (unpaired) electrons. The highest BCUT2D eigenvalue weighted by molar-refractivity contribution is 14.0. The lowest BCUT2D eigenvalue weighted by Gasteiger charge is -2.42. The minimum Gasteiger partial charge on any atom is -0.381 e. The first kappa shape index (κ1) is 24.0. The molecule has 2 atom stereocenters. The Morgan fingerprint density at radius 2 is 2.23 bits per heavy atom. The zero-order valence-electron chi connectivity index (χ0n) is 17.1. The van der Waals surface area contributed by atoms with E-state index in [0.717, 1.165) is 71.4 Å². The highest BCUT2D eigenvalue weighted by Crippen LogP contribution is 2.33. The molecular formula is C20H40IN3O2. The first-order valence-electron chi connectivity index (χ1n) is 10.4. The fourth-order valence-corrected chi connectivity index (χ4v) is 4.05. The number of nitrogens with zero attached hydrogens (tertiary/aromatic N) is 2. The van der Waals surface area contributed by atoms with Crippen molar-refractivity contribution in [1.82, 2.24) is 10.2 Å². The Labute approximate surface area is 177 Å². The van der Waals surface area contributed by atoms with E-state index in [1.807, 2.05) is 0 Å². The number of aliphatic imine (C=N–C) groups is 1. The van der Waals surface area contributed by atoms with Gasteiger partial charge in [0.1, 0.15) is 0 Å². The second-order valence-electron chi connectivity index (χ2n) is 7.98. The van der Waals surface area contributed by atoms with Crippen molar-refractivity contribution in [2.75, 3.05) is 52.6 Å². The molecular weight excluding hydrogens is 441 g/mol. The van der Waals surface area contributed by atoms with E-state index in [1.165, 1.54) is 25.7 Å². The van der Waals surface area contributed by atoms with E-state index in [4.69, 9.17) is 14.5 Å². The van der Waals surface area contributed by atoms with Gasteiger partial charge in [-0.3, -0.25) is 4.99 Å². The fourth-order valence-electron chi connectivity index (χ4n) is 4.05. The Hall–Kier alpha value is -0.0800. The molecule has 1 N–H and O–H groups in total. The minimum atomic E-state index is 0. The molecule has 0 aromatic rings. The summed E-state index contributed by atoms with van der Waals surface area (Å²) in [6, 6.07) is 0. The van der Waals surface area contributed by atoms with Crippen molar-refractivity contribution in [2.24, 2.45) is 16.3 Å². The normalized spacial score (nSPS) is 26.7. The van der Waals surface area contributed by atoms with Gasteiger partial charge in [-0.2, -0.15) is 0 Å². The third-order valence-corrected chi connectivity index (χ3v) is 5.35. The van der Waals surface area contributed by atoms with Gasteiger partial charge in [0.2, 0.25) is 0 Å². The van der Waals surface area contributed by atoms with Crippen LogP contribution in [0.2, 0.25) is 0 Å². The van der Waals surface area contributed by atoms with Gasteiger partial charge >= 0.3 is 0 Å². The lowest BCUT2D eigenvalue weighted by Crippen LogP contribution is -2.49. The molecule has 2 unspecified atom stereocenters. The molecule has 0 spiro atoms. The summed E-state index contributed by atoms with van der Waals surface area (Å²) in [7, 11) is 0. The molecule has 0 aromatic heterocycles. The lowest BCUT2D eigenvalue weighted by atomic mass is 9.78. The molecule has 2 fully saturated rings. The largest absolute Gasteiger partial charge is 0.381 e. The van der Waals surface area contributed by atoms with Crippen molar-refractivity contribution in [3.8, 4) is 0 Å². The number of ether oxygens (including phenoxy) is 2. The Kier molecular flexibility index (Phi) is 12.1. The lowest BCUT2D eigenvalue weighted by molar-refractivity contribution is 0.0892. The van der Waals surface area contributed by atoms with Gasteiger partial charge < -0.3 is 19.7 Å². The third kappa shape index (κ3) is 8.30. The maximum Gasteiger partial charge on any atom is 0.193 e. The van der Waals surface area contributed by atoms with E-state index < -0.39 is 0 Å². The van der Waals surface area contributed by atoms with Crippen LogP contribution < -0.4 is 5.32 Å². The van der Waals surface area contributed by atoms with E-state index in [-0.39, 0.29) is 24.0 Å². The number of likely N-dealkylation sites (tertiary alicyclic amines) is 1. The molecule has 2 aliphatic rings. The number of nitrogens with one attached hydrogen (secondary N) is 1. The summed E-state index contributed by atoms with van der Waals surface area (Å²) < 4.78 is 11.2. The van der Waals surface area contributed by atoms with Gasteiger partial charge in [-0.1, -0.05) is 20.3 Å². The molecule has 0 saturated carbocycles. The van der Waals surface area contributed by atoms with Crippen molar-refractivity contribution < 1.29 is 9.47 Å². The number of halogens is 1. The summed E-state index contributed by atoms with van der Waals surface area (Å²) in [6.45, 7) is 14.3. The SMILES string of the molecule is CCCC1(C)CCCN(C(=NCCCOCC2CCOC2)NCC)C1.I. The summed E-state index contributed by atoms with van der Waals surface area (Å²) in [5, 5.41) is 3.49. The molecule has 0 amide bonds. The monoisotopic (exact) mass is 481 g/mol. The smallest absolute Gasteiger partial charge is 0.193 e. The van der Waals surface area contributed by atoms with Crippen molar-refractivity contribution in [2.45, 2.75) is 59.3 Å². The van der Waals surface area contributed by atoms with Gasteiger partial charge in [0.25, 0.3) is 0 Å². The molecule has 5 nitrogen and oxygen atoms in total. The van der Waals surface area contributed by atoms with Crippen LogP contribution in [0.5, 0.6) is 0 Å². The Morgan fingerprint density at radius 3 is 2.92 bits per heavy atom. The zero-order valence-corrected chi connectivity index (χ0v) is 19.4. The molecule has 154 valence electrons. The quantitative estimate of drug-likeness (QED) is 0.235. The average molecular weight is 481 g/mol. The van der Waals surface area contributed by atoms with Crippen LogP contribution in [0.4, 0.5) is 0 Å². The number of hydrogen-bond acceptors (Lipinski definition) is 3. The Bertz CT molecular complexity index is 399. The zero-order chi connectivity index (χ0) is 18.0. The summed E-state index contributed by atoms with van der Waals surface area (Å²) in [5.74, 6) is 1.69. The van der Waals surface area contributed by atoms with Gasteiger partial charge in [0, 0.05) is 45.3 Å². The molecule has 0 aromatic carbocycles. The Balaban J connectivity index is 0.00000338. The van der Waals surface area contributed by atoms with Crippen LogP contribution in [0, 0.1) is 11.3 Å². The molecule has 26 heavy (non-hydrogen) atoms. The number of guanidine groups is 1. The van der Waals surface area contributed by atoms with Crippen LogP contribution in [-0.2, 0) is 9.47 Å². The number of piperidine rings is 1. The van der Waals surface area contributed by atoms with Crippen molar-refractivity contribution in [3.05, 3.63) is 0 Å². The van der Waals surface area contributed by atoms with Crippen LogP contribution >= 0.6 is 24.0 Å². The van der Waals surface area contributed by atoms with E-state index in [0.29, 0.717) is 11.3 Å². The average Bonchev–Trinajstić information content (AvgIpc) is 3.10. The van der Waals surface area contributed by atoms with Crippen LogP contribution in [0.1, 0.15) is 59.3 Å². The molecule has 0 bridgehead atoms. The number of rotatable bonds is 9. The first-order chi connectivity index (χ1) is 12.2. The molecule has 2 heterocycles. The van der Waals surface area contributed by atoms with Crippen molar-refractivity contribution >= 4 is 29.9 Å². The maximum atomic E-state index is 5.79. The summed E-state index contributed by atoms with van der Waals surface area (Å²) >= 11 is 0. The minimum absolute atomic E-state index is 0. The Morgan fingerprint density at radius 1 is 1.38 bits per heavy atom. The van der Waals surface area contributed by atoms with Gasteiger partial charge in [-0.05, 0) is 44.4 Å². The predicted octanol–water partition coefficient (Wildman–Crippen LogP) is 3.92. The van der Waals surface area contributed by atoms with Crippen molar-refractivity contribution in [3.63, 3.8) is 0 Å². The highest BCUT2D eigenvalue weighted by Gasteiger charge is 2.31. The second kappa shape index (κ2) is 13.2. The standard InChI is InChI=1S/C20H39N3O2.HI/c1-4-9-20(3)10-6-12-23(17-20)19(21-5-2)22-11-7-13-24-15-18-8-14-25-16-18;/h18H,4-17H2,1-3H3,(H,21,22);1H. The van der Waals surface area contributed by atoms with E-state index in [9.17, 15) is 0 Å². The summed E-state index contributed by atoms with van der Waals surface area (Å²) in [4.78, 5) is 7.33. The fraction of sp³-hybridized carbons (Fsp3) is 0.950. The third-order valence-electron chi connectivity index (χ3n) is 5.35. The van der Waals surface area contributed by atoms with E-state index >= 15 is 0 Å².